The van der Waals surface area contributed by atoms with E-state index in [2.05, 4.69) is 25.6 Å². The maximum Gasteiger partial charge on any atom is 0.230 e. The van der Waals surface area contributed by atoms with Gasteiger partial charge in [0.25, 0.3) is 0 Å². The highest BCUT2D eigenvalue weighted by Crippen LogP contribution is 2.06. The Labute approximate surface area is 87.7 Å². The number of nitrogens with zero attached hydrogens (tertiary/aromatic N) is 3. The van der Waals surface area contributed by atoms with E-state index < -0.39 is 0 Å². The molecule has 0 fully saturated rings. The summed E-state index contributed by atoms with van der Waals surface area (Å²) in [5.74, 6) is 0.862. The average Bonchev–Trinajstić information content (AvgIpc) is 2.12. The van der Waals surface area contributed by atoms with E-state index in [4.69, 9.17) is 17.2 Å². The van der Waals surface area contributed by atoms with E-state index in [1.165, 1.54) is 0 Å². The summed E-state index contributed by atoms with van der Waals surface area (Å²) in [6.45, 7) is 2.83. The van der Waals surface area contributed by atoms with Crippen LogP contribution in [0.5, 0.6) is 0 Å². The molecule has 1 rings (SSSR count). The lowest BCUT2D eigenvalue weighted by atomic mass is 10.6. The molecular formula is C7H16N8. The van der Waals surface area contributed by atoms with Crippen molar-refractivity contribution in [3.63, 3.8) is 0 Å². The molecule has 0 spiro atoms. The number of aromatic nitrogens is 3. The summed E-state index contributed by atoms with van der Waals surface area (Å²) in [5.41, 5.74) is 16.4. The lowest BCUT2D eigenvalue weighted by Gasteiger charge is -2.10. The molecule has 1 unspecified atom stereocenters. The van der Waals surface area contributed by atoms with Crippen molar-refractivity contribution in [3.05, 3.63) is 0 Å². The maximum absolute atomic E-state index is 5.53. The fourth-order valence-corrected chi connectivity index (χ4v) is 0.924. The highest BCUT2D eigenvalue weighted by atomic mass is 15.3. The fraction of sp³-hybridized carbons (Fsp3) is 0.571. The molecule has 1 atom stereocenters. The van der Waals surface area contributed by atoms with Gasteiger partial charge in [-0.3, -0.25) is 0 Å². The van der Waals surface area contributed by atoms with Crippen molar-refractivity contribution in [2.24, 2.45) is 11.5 Å². The topological polar surface area (TPSA) is 141 Å². The van der Waals surface area contributed by atoms with Crippen LogP contribution in [0.4, 0.5) is 17.8 Å². The lowest BCUT2D eigenvalue weighted by molar-refractivity contribution is 0.828. The molecule has 15 heavy (non-hydrogen) atoms. The van der Waals surface area contributed by atoms with Crippen LogP contribution in [0.3, 0.4) is 0 Å². The lowest BCUT2D eigenvalue weighted by Crippen LogP contribution is -2.27. The molecule has 1 aromatic heterocycles. The third kappa shape index (κ3) is 3.92. The number of anilines is 3. The predicted molar refractivity (Wildman–Crippen MR) is 59.1 cm³/mol. The summed E-state index contributed by atoms with van der Waals surface area (Å²) < 4.78 is 0. The number of hydrogen-bond acceptors (Lipinski definition) is 8. The Hall–Kier alpha value is -1.67. The van der Waals surface area contributed by atoms with Gasteiger partial charge in [0, 0.05) is 13.1 Å². The molecule has 0 saturated carbocycles. The smallest absolute Gasteiger partial charge is 0.230 e. The van der Waals surface area contributed by atoms with Crippen molar-refractivity contribution >= 4 is 17.8 Å². The monoisotopic (exact) mass is 212 g/mol. The Morgan fingerprint density at radius 3 is 2.53 bits per heavy atom. The first-order valence-electron chi connectivity index (χ1n) is 4.59. The second-order valence-electron chi connectivity index (χ2n) is 2.99. The maximum atomic E-state index is 5.53. The third-order valence-corrected chi connectivity index (χ3v) is 1.44. The van der Waals surface area contributed by atoms with E-state index in [1.54, 1.807) is 6.92 Å². The fourth-order valence-electron chi connectivity index (χ4n) is 0.924. The number of nitrogens with two attached hydrogens (primary N) is 3. The molecule has 0 aliphatic rings. The zero-order valence-electron chi connectivity index (χ0n) is 8.57. The van der Waals surface area contributed by atoms with Gasteiger partial charge in [0.05, 0.1) is 6.17 Å². The van der Waals surface area contributed by atoms with Crippen LogP contribution in [0.2, 0.25) is 0 Å². The molecule has 0 bridgehead atoms. The molecule has 0 radical (unpaired) electrons. The normalized spacial score (nSPS) is 12.2. The van der Waals surface area contributed by atoms with E-state index in [9.17, 15) is 0 Å². The number of nitrogens with one attached hydrogen (secondary N) is 2. The Morgan fingerprint density at radius 1 is 1.27 bits per heavy atom. The van der Waals surface area contributed by atoms with Gasteiger partial charge in [0.15, 0.2) is 0 Å². The number of hydrogen-bond donors (Lipinski definition) is 5. The zero-order valence-corrected chi connectivity index (χ0v) is 8.57. The van der Waals surface area contributed by atoms with Gasteiger partial charge >= 0.3 is 0 Å². The summed E-state index contributed by atoms with van der Waals surface area (Å²) in [7, 11) is 0. The second-order valence-corrected chi connectivity index (χ2v) is 2.99. The summed E-state index contributed by atoms with van der Waals surface area (Å²) in [5, 5.41) is 5.73. The number of rotatable bonds is 5. The molecular weight excluding hydrogens is 196 g/mol. The molecule has 0 amide bonds. The van der Waals surface area contributed by atoms with Gasteiger partial charge in [-0.05, 0) is 6.92 Å². The largest absolute Gasteiger partial charge is 0.368 e. The average molecular weight is 212 g/mol. The van der Waals surface area contributed by atoms with Crippen LogP contribution in [0.25, 0.3) is 0 Å². The van der Waals surface area contributed by atoms with Crippen LogP contribution in [0.1, 0.15) is 6.92 Å². The Balaban J connectivity index is 2.75. The summed E-state index contributed by atoms with van der Waals surface area (Å²) in [6.07, 6.45) is -0.255. The van der Waals surface area contributed by atoms with Crippen molar-refractivity contribution in [3.8, 4) is 0 Å². The minimum atomic E-state index is -0.255. The second kappa shape index (κ2) is 5.27. The SMILES string of the molecule is CC(N)Nc1nc(N)nc(NCCN)n1. The van der Waals surface area contributed by atoms with Gasteiger partial charge in [-0.15, -0.1) is 0 Å². The Kier molecular flexibility index (Phi) is 4.01. The highest BCUT2D eigenvalue weighted by molar-refractivity contribution is 5.40. The van der Waals surface area contributed by atoms with E-state index in [0.717, 1.165) is 0 Å². The van der Waals surface area contributed by atoms with Crippen molar-refractivity contribution in [1.82, 2.24) is 15.0 Å². The first-order chi connectivity index (χ1) is 7.11. The summed E-state index contributed by atoms with van der Waals surface area (Å²) >= 11 is 0. The minimum absolute atomic E-state index is 0.132. The van der Waals surface area contributed by atoms with E-state index in [1.807, 2.05) is 0 Å². The highest BCUT2D eigenvalue weighted by Gasteiger charge is 2.04. The predicted octanol–water partition coefficient (Wildman–Crippen LogP) is -1.46. The van der Waals surface area contributed by atoms with E-state index >= 15 is 0 Å². The van der Waals surface area contributed by atoms with Crippen molar-refractivity contribution in [2.75, 3.05) is 29.5 Å². The summed E-state index contributed by atoms with van der Waals surface area (Å²) in [6, 6.07) is 0. The summed E-state index contributed by atoms with van der Waals surface area (Å²) in [4.78, 5) is 11.8. The molecule has 1 heterocycles. The third-order valence-electron chi connectivity index (χ3n) is 1.44. The van der Waals surface area contributed by atoms with Crippen LogP contribution in [0, 0.1) is 0 Å². The van der Waals surface area contributed by atoms with Gasteiger partial charge in [0.1, 0.15) is 0 Å². The van der Waals surface area contributed by atoms with Gasteiger partial charge in [-0.2, -0.15) is 15.0 Å². The van der Waals surface area contributed by atoms with Crippen LogP contribution >= 0.6 is 0 Å². The van der Waals surface area contributed by atoms with Crippen molar-refractivity contribution in [2.45, 2.75) is 13.1 Å². The van der Waals surface area contributed by atoms with Gasteiger partial charge in [-0.25, -0.2) is 0 Å². The van der Waals surface area contributed by atoms with Gasteiger partial charge in [-0.1, -0.05) is 0 Å². The van der Waals surface area contributed by atoms with Crippen LogP contribution in [-0.4, -0.2) is 34.2 Å². The molecule has 8 N–H and O–H groups in total. The van der Waals surface area contributed by atoms with Crippen LogP contribution < -0.4 is 27.8 Å². The van der Waals surface area contributed by atoms with Gasteiger partial charge in [0.2, 0.25) is 17.8 Å². The molecule has 8 heteroatoms. The van der Waals surface area contributed by atoms with Crippen LogP contribution in [-0.2, 0) is 0 Å². The Morgan fingerprint density at radius 2 is 1.93 bits per heavy atom. The van der Waals surface area contributed by atoms with Crippen molar-refractivity contribution in [1.29, 1.82) is 0 Å². The molecule has 0 aliphatic heterocycles. The standard InChI is InChI=1S/C7H16N8/c1-4(9)12-7-14-5(10)13-6(15-7)11-3-2-8/h4H,2-3,8-9H2,1H3,(H4,10,11,12,13,14,15). The molecule has 0 aromatic carbocycles. The molecule has 8 nitrogen and oxygen atoms in total. The quantitative estimate of drug-likeness (QED) is 0.373. The Bertz CT molecular complexity index is 312. The van der Waals surface area contributed by atoms with Gasteiger partial charge < -0.3 is 27.8 Å². The molecule has 0 saturated heterocycles. The molecule has 1 aromatic rings. The zero-order chi connectivity index (χ0) is 11.3. The molecule has 0 aliphatic carbocycles. The first-order valence-corrected chi connectivity index (χ1v) is 4.59. The minimum Gasteiger partial charge on any atom is -0.368 e. The van der Waals surface area contributed by atoms with E-state index in [-0.39, 0.29) is 12.1 Å². The first kappa shape index (κ1) is 11.4. The molecule has 84 valence electrons. The number of nitrogen functional groups attached to an aromatic ring is 1. The van der Waals surface area contributed by atoms with E-state index in [0.29, 0.717) is 25.0 Å². The van der Waals surface area contributed by atoms with Crippen molar-refractivity contribution < 1.29 is 0 Å². The van der Waals surface area contributed by atoms with Crippen LogP contribution in [0.15, 0.2) is 0 Å².